The van der Waals surface area contributed by atoms with E-state index in [4.69, 9.17) is 4.74 Å². The number of aryl methyl sites for hydroxylation is 1. The van der Waals surface area contributed by atoms with Gasteiger partial charge in [0.2, 0.25) is 0 Å². The number of carbonyl (C=O) groups is 1. The number of hydrogen-bond donors (Lipinski definition) is 1. The molecule has 5 heteroatoms. The molecule has 182 valence electrons. The smallest absolute Gasteiger partial charge is 0.322 e. The van der Waals surface area contributed by atoms with E-state index in [1.54, 1.807) is 0 Å². The lowest BCUT2D eigenvalue weighted by Gasteiger charge is -2.31. The third-order valence-corrected chi connectivity index (χ3v) is 7.37. The van der Waals surface area contributed by atoms with E-state index in [-0.39, 0.29) is 12.1 Å². The molecule has 0 fully saturated rings. The van der Waals surface area contributed by atoms with E-state index in [9.17, 15) is 4.79 Å². The Morgan fingerprint density at radius 2 is 1.72 bits per heavy atom. The van der Waals surface area contributed by atoms with Gasteiger partial charge in [0.25, 0.3) is 0 Å². The van der Waals surface area contributed by atoms with Crippen LogP contribution in [0.3, 0.4) is 0 Å². The van der Waals surface area contributed by atoms with E-state index < -0.39 is 0 Å². The molecule has 2 amide bonds. The quantitative estimate of drug-likeness (QED) is 0.348. The van der Waals surface area contributed by atoms with Gasteiger partial charge in [-0.25, -0.2) is 4.79 Å². The van der Waals surface area contributed by atoms with Crippen LogP contribution < -0.4 is 10.1 Å². The molecule has 2 heterocycles. The summed E-state index contributed by atoms with van der Waals surface area (Å²) in [6.07, 6.45) is 6.56. The Morgan fingerprint density at radius 3 is 2.58 bits per heavy atom. The van der Waals surface area contributed by atoms with Crippen molar-refractivity contribution in [3.05, 3.63) is 113 Å². The first-order valence-corrected chi connectivity index (χ1v) is 12.9. The Labute approximate surface area is 212 Å². The highest BCUT2D eigenvalue weighted by Crippen LogP contribution is 2.38. The highest BCUT2D eigenvalue weighted by Gasteiger charge is 2.33. The SMILES string of the molecule is CCOc1ccc([C@H]2c3cccn3-c3ccccc3CN2C(=O)Nc2cccc3c2CCCC3)cc1. The van der Waals surface area contributed by atoms with Crippen LogP contribution >= 0.6 is 0 Å². The molecule has 0 radical (unpaired) electrons. The molecular formula is C31H31N3O2. The van der Waals surface area contributed by atoms with Crippen molar-refractivity contribution in [1.82, 2.24) is 9.47 Å². The molecule has 0 bridgehead atoms. The van der Waals surface area contributed by atoms with Crippen molar-refractivity contribution in [3.63, 3.8) is 0 Å². The van der Waals surface area contributed by atoms with Crippen molar-refractivity contribution >= 4 is 11.7 Å². The van der Waals surface area contributed by atoms with E-state index >= 15 is 0 Å². The summed E-state index contributed by atoms with van der Waals surface area (Å²) in [7, 11) is 0. The number of benzene rings is 3. The first-order valence-electron chi connectivity index (χ1n) is 12.9. The number of carbonyl (C=O) groups excluding carboxylic acids is 1. The second kappa shape index (κ2) is 9.57. The molecule has 36 heavy (non-hydrogen) atoms. The number of nitrogens with zero attached hydrogens (tertiary/aromatic N) is 2. The number of fused-ring (bicyclic) bond motifs is 4. The van der Waals surface area contributed by atoms with Crippen LogP contribution in [-0.4, -0.2) is 22.1 Å². The Morgan fingerprint density at radius 1 is 0.917 bits per heavy atom. The number of rotatable bonds is 4. The van der Waals surface area contributed by atoms with E-state index in [1.165, 1.54) is 24.0 Å². The summed E-state index contributed by atoms with van der Waals surface area (Å²) >= 11 is 0. The van der Waals surface area contributed by atoms with Gasteiger partial charge in [-0.1, -0.05) is 42.5 Å². The van der Waals surface area contributed by atoms with Crippen LogP contribution in [0.2, 0.25) is 0 Å². The first kappa shape index (κ1) is 22.5. The number of amides is 2. The van der Waals surface area contributed by atoms with Crippen LogP contribution in [0.25, 0.3) is 5.69 Å². The predicted molar refractivity (Wildman–Crippen MR) is 143 cm³/mol. The van der Waals surface area contributed by atoms with Gasteiger partial charge in [-0.05, 0) is 91.3 Å². The maximum Gasteiger partial charge on any atom is 0.322 e. The van der Waals surface area contributed by atoms with Gasteiger partial charge >= 0.3 is 6.03 Å². The summed E-state index contributed by atoms with van der Waals surface area (Å²) in [5.74, 6) is 0.834. The minimum absolute atomic E-state index is 0.0858. The molecule has 5 nitrogen and oxygen atoms in total. The molecule has 0 saturated heterocycles. The highest BCUT2D eigenvalue weighted by molar-refractivity contribution is 5.91. The van der Waals surface area contributed by atoms with E-state index in [1.807, 2.05) is 36.1 Å². The van der Waals surface area contributed by atoms with Gasteiger partial charge in [-0.2, -0.15) is 0 Å². The lowest BCUT2D eigenvalue weighted by Crippen LogP contribution is -2.38. The molecule has 1 aromatic heterocycles. The van der Waals surface area contributed by atoms with E-state index in [0.29, 0.717) is 13.2 Å². The van der Waals surface area contributed by atoms with E-state index in [2.05, 4.69) is 70.7 Å². The molecule has 1 atom stereocenters. The van der Waals surface area contributed by atoms with Gasteiger partial charge in [0.05, 0.1) is 24.9 Å². The van der Waals surface area contributed by atoms with Crippen LogP contribution in [-0.2, 0) is 19.4 Å². The van der Waals surface area contributed by atoms with Crippen molar-refractivity contribution in [3.8, 4) is 11.4 Å². The minimum Gasteiger partial charge on any atom is -0.494 e. The zero-order valence-corrected chi connectivity index (χ0v) is 20.6. The Hall–Kier alpha value is -3.99. The monoisotopic (exact) mass is 477 g/mol. The van der Waals surface area contributed by atoms with Gasteiger partial charge in [-0.3, -0.25) is 0 Å². The van der Waals surface area contributed by atoms with Crippen LogP contribution in [0.5, 0.6) is 5.75 Å². The van der Waals surface area contributed by atoms with Crippen molar-refractivity contribution in [2.45, 2.75) is 45.2 Å². The molecule has 4 aromatic rings. The molecule has 0 saturated carbocycles. The maximum absolute atomic E-state index is 14.1. The topological polar surface area (TPSA) is 46.5 Å². The van der Waals surface area contributed by atoms with Gasteiger partial charge in [0.15, 0.2) is 0 Å². The fourth-order valence-electron chi connectivity index (χ4n) is 5.69. The van der Waals surface area contributed by atoms with Crippen LogP contribution in [0.15, 0.2) is 85.1 Å². The normalized spacial score (nSPS) is 16.4. The minimum atomic E-state index is -0.248. The molecule has 3 aromatic carbocycles. The first-order chi connectivity index (χ1) is 17.7. The van der Waals surface area contributed by atoms with Gasteiger partial charge in [0, 0.05) is 17.6 Å². The van der Waals surface area contributed by atoms with E-state index in [0.717, 1.165) is 46.8 Å². The molecule has 6 rings (SSSR count). The number of hydrogen-bond acceptors (Lipinski definition) is 2. The number of para-hydroxylation sites is 1. The fourth-order valence-corrected chi connectivity index (χ4v) is 5.69. The summed E-state index contributed by atoms with van der Waals surface area (Å²) in [4.78, 5) is 16.0. The summed E-state index contributed by atoms with van der Waals surface area (Å²) < 4.78 is 7.90. The van der Waals surface area contributed by atoms with Crippen LogP contribution in [0, 0.1) is 0 Å². The predicted octanol–water partition coefficient (Wildman–Crippen LogP) is 6.89. The number of anilines is 1. The number of aromatic nitrogens is 1. The number of urea groups is 1. The standard InChI is InChI=1S/C31H31N3O2/c1-2-36-25-18-16-23(17-19-25)30-29-15-8-20-33(29)28-14-6-4-10-24(28)21-34(30)31(35)32-27-13-7-11-22-9-3-5-12-26(22)27/h4,6-8,10-11,13-20,30H,2-3,5,9,12,21H2,1H3,(H,32,35)/t30-/m0/s1. The third-order valence-electron chi connectivity index (χ3n) is 7.37. The zero-order valence-electron chi connectivity index (χ0n) is 20.6. The summed E-state index contributed by atoms with van der Waals surface area (Å²) in [6.45, 7) is 3.12. The van der Waals surface area contributed by atoms with Gasteiger partial charge in [-0.15, -0.1) is 0 Å². The Balaban J connectivity index is 1.43. The maximum atomic E-state index is 14.1. The second-order valence-corrected chi connectivity index (χ2v) is 9.54. The van der Waals surface area contributed by atoms with Crippen molar-refractivity contribution < 1.29 is 9.53 Å². The van der Waals surface area contributed by atoms with Crippen LogP contribution in [0.1, 0.15) is 53.8 Å². The summed E-state index contributed by atoms with van der Waals surface area (Å²) in [5.41, 5.74) is 7.93. The average molecular weight is 478 g/mol. The summed E-state index contributed by atoms with van der Waals surface area (Å²) in [6, 6.07) is 26.6. The van der Waals surface area contributed by atoms with Crippen LogP contribution in [0.4, 0.5) is 10.5 Å². The Kier molecular flexibility index (Phi) is 5.98. The summed E-state index contributed by atoms with van der Waals surface area (Å²) in [5, 5.41) is 3.31. The largest absolute Gasteiger partial charge is 0.494 e. The molecule has 1 N–H and O–H groups in total. The lowest BCUT2D eigenvalue weighted by atomic mass is 9.90. The fraction of sp³-hybridized carbons (Fsp3) is 0.258. The molecule has 2 aliphatic rings. The highest BCUT2D eigenvalue weighted by atomic mass is 16.5. The second-order valence-electron chi connectivity index (χ2n) is 9.54. The van der Waals surface area contributed by atoms with Crippen molar-refractivity contribution in [1.29, 1.82) is 0 Å². The van der Waals surface area contributed by atoms with Crippen molar-refractivity contribution in [2.24, 2.45) is 0 Å². The molecule has 0 spiro atoms. The molecule has 1 aliphatic heterocycles. The molecule has 1 aliphatic carbocycles. The lowest BCUT2D eigenvalue weighted by molar-refractivity contribution is 0.194. The van der Waals surface area contributed by atoms with Gasteiger partial charge < -0.3 is 19.5 Å². The molecular weight excluding hydrogens is 446 g/mol. The van der Waals surface area contributed by atoms with Crippen molar-refractivity contribution in [2.75, 3.05) is 11.9 Å². The third kappa shape index (κ3) is 4.05. The van der Waals surface area contributed by atoms with Gasteiger partial charge in [0.1, 0.15) is 5.75 Å². The Bertz CT molecular complexity index is 1390. The zero-order chi connectivity index (χ0) is 24.5. The molecule has 0 unspecified atom stereocenters. The average Bonchev–Trinajstić information content (AvgIpc) is 3.34. The number of nitrogens with one attached hydrogen (secondary N) is 1. The number of ether oxygens (including phenoxy) is 1.